The van der Waals surface area contributed by atoms with Crippen molar-refractivity contribution in [3.8, 4) is 0 Å². The van der Waals surface area contributed by atoms with Crippen LogP contribution in [0, 0.1) is 11.8 Å². The number of hydrogen-bond acceptors (Lipinski definition) is 4. The van der Waals surface area contributed by atoms with Crippen LogP contribution in [-0.4, -0.2) is 45.6 Å². The fourth-order valence-electron chi connectivity index (χ4n) is 3.22. The van der Waals surface area contributed by atoms with Gasteiger partial charge in [-0.25, -0.2) is 4.79 Å². The van der Waals surface area contributed by atoms with Gasteiger partial charge in [0.1, 0.15) is 6.04 Å². The van der Waals surface area contributed by atoms with E-state index >= 15 is 0 Å². The molecular weight excluding hydrogens is 276 g/mol. The van der Waals surface area contributed by atoms with E-state index in [1.165, 1.54) is 0 Å². The molecule has 0 aromatic carbocycles. The van der Waals surface area contributed by atoms with Gasteiger partial charge in [0.05, 0.1) is 5.37 Å². The molecule has 1 amide bonds. The predicted octanol–water partition coefficient (Wildman–Crippen LogP) is 1.52. The van der Waals surface area contributed by atoms with Crippen LogP contribution in [0.5, 0.6) is 0 Å². The zero-order valence-electron chi connectivity index (χ0n) is 12.0. The van der Waals surface area contributed by atoms with Gasteiger partial charge < -0.3 is 15.7 Å². The van der Waals surface area contributed by atoms with Gasteiger partial charge >= 0.3 is 5.97 Å². The Bertz CT molecular complexity index is 369. The van der Waals surface area contributed by atoms with E-state index in [1.54, 1.807) is 16.7 Å². The van der Waals surface area contributed by atoms with Crippen molar-refractivity contribution in [3.63, 3.8) is 0 Å². The molecule has 0 aromatic rings. The van der Waals surface area contributed by atoms with Crippen LogP contribution in [0.2, 0.25) is 0 Å². The summed E-state index contributed by atoms with van der Waals surface area (Å²) in [5.41, 5.74) is 5.68. The first-order chi connectivity index (χ1) is 9.58. The highest BCUT2D eigenvalue weighted by Gasteiger charge is 2.43. The SMILES string of the molecule is CCC1SCC(C(=O)O)N1C(=O)C1CCC(CN)CC1. The molecule has 1 saturated carbocycles. The number of nitrogens with two attached hydrogens (primary N) is 1. The van der Waals surface area contributed by atoms with Gasteiger partial charge in [0.25, 0.3) is 0 Å². The standard InChI is InChI=1S/C14H24N2O3S/c1-2-12-16(11(8-20-12)14(18)19)13(17)10-5-3-9(7-15)4-6-10/h9-12H,2-8,15H2,1H3,(H,18,19). The Morgan fingerprint density at radius 1 is 1.30 bits per heavy atom. The van der Waals surface area contributed by atoms with Crippen molar-refractivity contribution in [1.29, 1.82) is 0 Å². The van der Waals surface area contributed by atoms with Crippen molar-refractivity contribution in [3.05, 3.63) is 0 Å². The molecule has 6 heteroatoms. The monoisotopic (exact) mass is 300 g/mol. The molecule has 1 heterocycles. The number of carboxylic acid groups (broad SMARTS) is 1. The maximum absolute atomic E-state index is 12.7. The smallest absolute Gasteiger partial charge is 0.327 e. The number of carbonyl (C=O) groups excluding carboxylic acids is 1. The molecule has 0 bridgehead atoms. The summed E-state index contributed by atoms with van der Waals surface area (Å²) in [5.74, 6) is 0.205. The molecule has 0 aromatic heterocycles. The lowest BCUT2D eigenvalue weighted by atomic mass is 9.81. The molecule has 2 atom stereocenters. The molecule has 3 N–H and O–H groups in total. The van der Waals surface area contributed by atoms with Crippen LogP contribution in [-0.2, 0) is 9.59 Å². The fraction of sp³-hybridized carbons (Fsp3) is 0.857. The highest BCUT2D eigenvalue weighted by molar-refractivity contribution is 8.00. The van der Waals surface area contributed by atoms with Crippen LogP contribution in [0.1, 0.15) is 39.0 Å². The number of amides is 1. The summed E-state index contributed by atoms with van der Waals surface area (Å²) in [7, 11) is 0. The topological polar surface area (TPSA) is 83.6 Å². The van der Waals surface area contributed by atoms with E-state index < -0.39 is 12.0 Å². The van der Waals surface area contributed by atoms with Gasteiger partial charge in [-0.1, -0.05) is 6.92 Å². The molecule has 20 heavy (non-hydrogen) atoms. The average Bonchev–Trinajstić information content (AvgIpc) is 2.90. The largest absolute Gasteiger partial charge is 0.480 e. The predicted molar refractivity (Wildman–Crippen MR) is 79.3 cm³/mol. The number of thioether (sulfide) groups is 1. The minimum Gasteiger partial charge on any atom is -0.480 e. The van der Waals surface area contributed by atoms with E-state index in [9.17, 15) is 14.7 Å². The summed E-state index contributed by atoms with van der Waals surface area (Å²) in [4.78, 5) is 25.7. The van der Waals surface area contributed by atoms with Gasteiger partial charge in [0, 0.05) is 11.7 Å². The lowest BCUT2D eigenvalue weighted by Gasteiger charge is -2.33. The number of aliphatic carboxylic acids is 1. The third-order valence-corrected chi connectivity index (χ3v) is 5.96. The minimum atomic E-state index is -0.877. The molecule has 1 saturated heterocycles. The number of nitrogens with zero attached hydrogens (tertiary/aromatic N) is 1. The molecule has 0 spiro atoms. The van der Waals surface area contributed by atoms with Crippen LogP contribution in [0.3, 0.4) is 0 Å². The van der Waals surface area contributed by atoms with Gasteiger partial charge in [0.15, 0.2) is 0 Å². The van der Waals surface area contributed by atoms with Crippen LogP contribution >= 0.6 is 11.8 Å². The summed E-state index contributed by atoms with van der Waals surface area (Å²) < 4.78 is 0. The van der Waals surface area contributed by atoms with E-state index in [0.29, 0.717) is 18.2 Å². The van der Waals surface area contributed by atoms with Gasteiger partial charge in [-0.05, 0) is 44.6 Å². The van der Waals surface area contributed by atoms with Crippen LogP contribution in [0.25, 0.3) is 0 Å². The summed E-state index contributed by atoms with van der Waals surface area (Å²) in [6, 6.07) is -0.648. The summed E-state index contributed by atoms with van der Waals surface area (Å²) >= 11 is 1.59. The molecular formula is C14H24N2O3S. The minimum absolute atomic E-state index is 0.00704. The molecule has 0 radical (unpaired) electrons. The van der Waals surface area contributed by atoms with E-state index in [2.05, 4.69) is 0 Å². The zero-order valence-corrected chi connectivity index (χ0v) is 12.8. The van der Waals surface area contributed by atoms with E-state index in [0.717, 1.165) is 32.1 Å². The number of rotatable bonds is 4. The molecule has 2 rings (SSSR count). The summed E-state index contributed by atoms with van der Waals surface area (Å²) in [5, 5.41) is 9.32. The van der Waals surface area contributed by atoms with Crippen molar-refractivity contribution in [2.45, 2.75) is 50.4 Å². The second kappa shape index (κ2) is 6.80. The summed E-state index contributed by atoms with van der Waals surface area (Å²) in [6.07, 6.45) is 4.48. The number of carboxylic acids is 1. The van der Waals surface area contributed by atoms with Gasteiger partial charge in [-0.15, -0.1) is 11.8 Å². The van der Waals surface area contributed by atoms with E-state index in [4.69, 9.17) is 5.73 Å². The fourth-order valence-corrected chi connectivity index (χ4v) is 4.57. The lowest BCUT2D eigenvalue weighted by molar-refractivity contribution is -0.151. The molecule has 2 aliphatic rings. The van der Waals surface area contributed by atoms with Gasteiger partial charge in [0.2, 0.25) is 5.91 Å². The Hall–Kier alpha value is -0.750. The Kier molecular flexibility index (Phi) is 5.32. The van der Waals surface area contributed by atoms with Crippen molar-refractivity contribution < 1.29 is 14.7 Å². The van der Waals surface area contributed by atoms with Crippen molar-refractivity contribution >= 4 is 23.6 Å². The quantitative estimate of drug-likeness (QED) is 0.822. The second-order valence-corrected chi connectivity index (χ2v) is 6.96. The molecule has 114 valence electrons. The summed E-state index contributed by atoms with van der Waals surface area (Å²) in [6.45, 7) is 2.70. The number of hydrogen-bond donors (Lipinski definition) is 2. The Labute approximate surface area is 124 Å². The van der Waals surface area contributed by atoms with Crippen LogP contribution in [0.15, 0.2) is 0 Å². The van der Waals surface area contributed by atoms with E-state index in [1.807, 2.05) is 6.92 Å². The van der Waals surface area contributed by atoms with Crippen molar-refractivity contribution in [1.82, 2.24) is 4.90 Å². The molecule has 5 nitrogen and oxygen atoms in total. The number of carbonyl (C=O) groups is 2. The first kappa shape index (κ1) is 15.6. The van der Waals surface area contributed by atoms with Gasteiger partial charge in [-0.3, -0.25) is 4.79 Å². The third-order valence-electron chi connectivity index (χ3n) is 4.51. The van der Waals surface area contributed by atoms with Crippen molar-refractivity contribution in [2.24, 2.45) is 17.6 Å². The first-order valence-corrected chi connectivity index (χ1v) is 8.50. The average molecular weight is 300 g/mol. The zero-order chi connectivity index (χ0) is 14.7. The molecule has 1 aliphatic heterocycles. The van der Waals surface area contributed by atoms with E-state index in [-0.39, 0.29) is 17.2 Å². The third kappa shape index (κ3) is 3.11. The lowest BCUT2D eigenvalue weighted by Crippen LogP contribution is -2.48. The molecule has 1 aliphatic carbocycles. The van der Waals surface area contributed by atoms with Gasteiger partial charge in [-0.2, -0.15) is 0 Å². The van der Waals surface area contributed by atoms with Crippen LogP contribution < -0.4 is 5.73 Å². The Morgan fingerprint density at radius 3 is 2.45 bits per heavy atom. The first-order valence-electron chi connectivity index (χ1n) is 7.45. The Balaban J connectivity index is 2.04. The maximum atomic E-state index is 12.7. The van der Waals surface area contributed by atoms with Crippen molar-refractivity contribution in [2.75, 3.05) is 12.3 Å². The maximum Gasteiger partial charge on any atom is 0.327 e. The normalized spacial score (nSPS) is 34.2. The molecule has 2 unspecified atom stereocenters. The molecule has 2 fully saturated rings. The highest BCUT2D eigenvalue weighted by atomic mass is 32.2. The Morgan fingerprint density at radius 2 is 1.95 bits per heavy atom. The van der Waals surface area contributed by atoms with Crippen LogP contribution in [0.4, 0.5) is 0 Å². The second-order valence-electron chi connectivity index (χ2n) is 5.75. The highest BCUT2D eigenvalue weighted by Crippen LogP contribution is 2.36.